The number of anilines is 1. The minimum absolute atomic E-state index is 0.0656. The Morgan fingerprint density at radius 3 is 2.64 bits per heavy atom. The smallest absolute Gasteiger partial charge is 0.279 e. The van der Waals surface area contributed by atoms with Gasteiger partial charge in [0.25, 0.3) is 11.5 Å². The lowest BCUT2D eigenvalue weighted by molar-refractivity contribution is -0.0281. The molecule has 0 bridgehead atoms. The maximum absolute atomic E-state index is 12.8. The van der Waals surface area contributed by atoms with Gasteiger partial charge >= 0.3 is 0 Å². The molecule has 1 saturated heterocycles. The molecule has 0 saturated carbocycles. The number of nitrogens with zero attached hydrogens (tertiary/aromatic N) is 4. The molecule has 1 aliphatic rings. The molecule has 3 heterocycles. The van der Waals surface area contributed by atoms with Gasteiger partial charge in [0.2, 0.25) is 5.88 Å². The van der Waals surface area contributed by atoms with Crippen molar-refractivity contribution in [2.45, 2.75) is 25.1 Å². The Balaban J connectivity index is 1.41. The van der Waals surface area contributed by atoms with Crippen molar-refractivity contribution in [1.82, 2.24) is 25.1 Å². The molecule has 4 aromatic rings. The maximum atomic E-state index is 12.8. The summed E-state index contributed by atoms with van der Waals surface area (Å²) in [4.78, 5) is 34.4. The van der Waals surface area contributed by atoms with Crippen LogP contribution in [0.4, 0.5) is 5.69 Å². The van der Waals surface area contributed by atoms with E-state index in [1.165, 1.54) is 26.4 Å². The van der Waals surface area contributed by atoms with Crippen molar-refractivity contribution >= 4 is 34.8 Å². The van der Waals surface area contributed by atoms with Crippen LogP contribution in [-0.2, 0) is 18.3 Å². The molecular weight excluding hydrogens is 583 g/mol. The Bertz CT molecular complexity index is 1680. The van der Waals surface area contributed by atoms with Crippen molar-refractivity contribution in [1.29, 1.82) is 0 Å². The highest BCUT2D eigenvalue weighted by Crippen LogP contribution is 2.41. The number of methoxy groups -OCH3 is 1. The number of aryl methyl sites for hydroxylation is 1. The van der Waals surface area contributed by atoms with Crippen molar-refractivity contribution in [2.24, 2.45) is 7.05 Å². The molecule has 2 aromatic heterocycles. The number of rotatable bonds is 8. The Morgan fingerprint density at radius 1 is 1.14 bits per heavy atom. The number of nitrogens with one attached hydrogen (secondary N) is 2. The number of ether oxygens (including phenoxy) is 2. The van der Waals surface area contributed by atoms with E-state index in [4.69, 9.17) is 32.7 Å². The van der Waals surface area contributed by atoms with Crippen LogP contribution in [0.2, 0.25) is 10.0 Å². The number of aromatic nitrogens is 4. The molecule has 218 valence electrons. The lowest BCUT2D eigenvalue weighted by atomic mass is 10.0. The van der Waals surface area contributed by atoms with Crippen LogP contribution in [0.1, 0.15) is 22.5 Å². The third-order valence-corrected chi connectivity index (χ3v) is 7.74. The van der Waals surface area contributed by atoms with E-state index < -0.39 is 17.6 Å². The minimum Gasteiger partial charge on any atom is -0.480 e. The average molecular weight is 611 g/mol. The summed E-state index contributed by atoms with van der Waals surface area (Å²) in [5.74, 6) is -0.284. The molecule has 1 fully saturated rings. The third kappa shape index (κ3) is 6.15. The van der Waals surface area contributed by atoms with Gasteiger partial charge in [-0.25, -0.2) is 9.67 Å². The van der Waals surface area contributed by atoms with E-state index in [9.17, 15) is 14.7 Å². The lowest BCUT2D eigenvalue weighted by Crippen LogP contribution is -2.46. The van der Waals surface area contributed by atoms with Gasteiger partial charge in [-0.05, 0) is 18.6 Å². The first-order valence-corrected chi connectivity index (χ1v) is 13.8. The first-order chi connectivity index (χ1) is 20.3. The van der Waals surface area contributed by atoms with Crippen LogP contribution >= 0.6 is 23.2 Å². The summed E-state index contributed by atoms with van der Waals surface area (Å²) in [6.45, 7) is 1.22. The second kappa shape index (κ2) is 13.0. The zero-order valence-corrected chi connectivity index (χ0v) is 24.3. The van der Waals surface area contributed by atoms with Crippen molar-refractivity contribution in [3.8, 4) is 28.3 Å². The van der Waals surface area contributed by atoms with Gasteiger partial charge in [0.1, 0.15) is 11.3 Å². The summed E-state index contributed by atoms with van der Waals surface area (Å²) >= 11 is 13.6. The summed E-state index contributed by atoms with van der Waals surface area (Å²) in [6.07, 6.45) is 3.07. The molecule has 0 spiro atoms. The molecular formula is C29H28Cl2N6O5. The molecule has 13 heteroatoms. The fourth-order valence-corrected chi connectivity index (χ4v) is 5.24. The van der Waals surface area contributed by atoms with Crippen molar-refractivity contribution in [3.63, 3.8) is 0 Å². The highest BCUT2D eigenvalue weighted by molar-refractivity contribution is 6.39. The first kappa shape index (κ1) is 29.6. The van der Waals surface area contributed by atoms with Gasteiger partial charge in [-0.1, -0.05) is 53.5 Å². The SMILES string of the molecule is COc1nc(-c2cccc(-c3cccc(NC(=O)c4ccnn(C)c4=O)c3Cl)c2Cl)cnc1CN[C@@H]1CCOC[C@@H]1O. The van der Waals surface area contributed by atoms with Crippen LogP contribution in [0.15, 0.2) is 59.7 Å². The van der Waals surface area contributed by atoms with E-state index in [1.807, 2.05) is 12.1 Å². The molecule has 3 N–H and O–H groups in total. The molecule has 11 nitrogen and oxygen atoms in total. The van der Waals surface area contributed by atoms with Gasteiger partial charge in [0, 0.05) is 49.1 Å². The van der Waals surface area contributed by atoms with Crippen LogP contribution in [0, 0.1) is 0 Å². The highest BCUT2D eigenvalue weighted by Gasteiger charge is 2.24. The number of aliphatic hydroxyl groups is 1. The molecule has 1 aliphatic heterocycles. The summed E-state index contributed by atoms with van der Waals surface area (Å²) in [7, 11) is 2.98. The Labute approximate surface area is 251 Å². The second-order valence-corrected chi connectivity index (χ2v) is 10.3. The largest absolute Gasteiger partial charge is 0.480 e. The molecule has 1 amide bonds. The van der Waals surface area contributed by atoms with Gasteiger partial charge in [-0.15, -0.1) is 0 Å². The molecule has 2 aromatic carbocycles. The summed E-state index contributed by atoms with van der Waals surface area (Å²) in [5.41, 5.74) is 2.57. The van der Waals surface area contributed by atoms with Crippen LogP contribution in [0.25, 0.3) is 22.4 Å². The molecule has 2 atom stereocenters. The number of aliphatic hydroxyl groups excluding tert-OH is 1. The first-order valence-electron chi connectivity index (χ1n) is 13.1. The number of hydrogen-bond donors (Lipinski definition) is 3. The molecule has 0 radical (unpaired) electrons. The standard InChI is InChI=1S/C29H28Cl2N6O5/c1-37-29(40)19(9-11-34-37)27(39)35-21-8-4-6-17(26(21)31)16-5-3-7-18(25(16)30)22-13-33-23(28(36-22)41-2)14-32-20-10-12-42-15-24(20)38/h3-9,11,13,20,24,32,38H,10,12,14-15H2,1-2H3,(H,35,39)/t20-,24+/m1/s1. The van der Waals surface area contributed by atoms with Crippen molar-refractivity contribution < 1.29 is 19.4 Å². The van der Waals surface area contributed by atoms with Gasteiger partial charge in [-0.3, -0.25) is 14.6 Å². The Hall–Kier alpha value is -3.87. The summed E-state index contributed by atoms with van der Waals surface area (Å²) in [6, 6.07) is 11.8. The predicted molar refractivity (Wildman–Crippen MR) is 159 cm³/mol. The maximum Gasteiger partial charge on any atom is 0.279 e. The predicted octanol–water partition coefficient (Wildman–Crippen LogP) is 3.71. The highest BCUT2D eigenvalue weighted by atomic mass is 35.5. The zero-order chi connectivity index (χ0) is 29.8. The topological polar surface area (TPSA) is 140 Å². The van der Waals surface area contributed by atoms with E-state index in [0.717, 1.165) is 4.68 Å². The molecule has 0 aliphatic carbocycles. The van der Waals surface area contributed by atoms with Gasteiger partial charge in [0.05, 0.1) is 47.4 Å². The van der Waals surface area contributed by atoms with Crippen molar-refractivity contribution in [3.05, 3.63) is 86.5 Å². The number of benzene rings is 2. The minimum atomic E-state index is -0.611. The Morgan fingerprint density at radius 2 is 1.88 bits per heavy atom. The lowest BCUT2D eigenvalue weighted by Gasteiger charge is -2.28. The fourth-order valence-electron chi connectivity index (χ4n) is 4.64. The van der Waals surface area contributed by atoms with Crippen LogP contribution in [0.5, 0.6) is 5.88 Å². The van der Waals surface area contributed by atoms with Crippen LogP contribution in [-0.4, -0.2) is 63.2 Å². The fraction of sp³-hybridized carbons (Fsp3) is 0.276. The Kier molecular flexibility index (Phi) is 9.15. The molecule has 42 heavy (non-hydrogen) atoms. The van der Waals surface area contributed by atoms with Gasteiger partial charge in [0.15, 0.2) is 0 Å². The number of halogens is 2. The van der Waals surface area contributed by atoms with Crippen LogP contribution in [0.3, 0.4) is 0 Å². The summed E-state index contributed by atoms with van der Waals surface area (Å²) in [5, 5.41) is 20.6. The summed E-state index contributed by atoms with van der Waals surface area (Å²) < 4.78 is 11.9. The molecule has 5 rings (SSSR count). The van der Waals surface area contributed by atoms with E-state index >= 15 is 0 Å². The van der Waals surface area contributed by atoms with E-state index in [2.05, 4.69) is 25.7 Å². The quantitative estimate of drug-likeness (QED) is 0.272. The third-order valence-electron chi connectivity index (χ3n) is 6.92. The van der Waals surface area contributed by atoms with Crippen LogP contribution < -0.4 is 20.9 Å². The number of carbonyl (C=O) groups is 1. The average Bonchev–Trinajstić information content (AvgIpc) is 2.99. The van der Waals surface area contributed by atoms with E-state index in [1.54, 1.807) is 30.5 Å². The van der Waals surface area contributed by atoms with E-state index in [-0.39, 0.29) is 23.2 Å². The number of amides is 1. The van der Waals surface area contributed by atoms with E-state index in [0.29, 0.717) is 64.2 Å². The van der Waals surface area contributed by atoms with Crippen molar-refractivity contribution in [2.75, 3.05) is 25.6 Å². The van der Waals surface area contributed by atoms with Gasteiger partial charge < -0.3 is 25.2 Å². The molecule has 0 unspecified atom stereocenters. The zero-order valence-electron chi connectivity index (χ0n) is 22.8. The van der Waals surface area contributed by atoms with Gasteiger partial charge in [-0.2, -0.15) is 5.10 Å². The monoisotopic (exact) mass is 610 g/mol. The normalized spacial score (nSPS) is 16.7. The number of carbonyl (C=O) groups excluding carboxylic acids is 1. The second-order valence-electron chi connectivity index (χ2n) is 9.59. The number of hydrogen-bond acceptors (Lipinski definition) is 9.